The van der Waals surface area contributed by atoms with E-state index in [1.165, 1.54) is 25.2 Å². The van der Waals surface area contributed by atoms with E-state index in [1.54, 1.807) is 0 Å². The van der Waals surface area contributed by atoms with Crippen molar-refractivity contribution in [1.82, 2.24) is 9.44 Å². The van der Waals surface area contributed by atoms with Crippen LogP contribution in [0.5, 0.6) is 5.75 Å². The Kier molecular flexibility index (Phi) is 6.80. The summed E-state index contributed by atoms with van der Waals surface area (Å²) in [6, 6.07) is 6.83. The number of benzene rings is 2. The number of carbonyl (C=O) groups is 1. The maximum atomic E-state index is 13.6. The average Bonchev–Trinajstić information content (AvgIpc) is 2.73. The van der Waals surface area contributed by atoms with E-state index in [9.17, 15) is 26.0 Å². The lowest BCUT2D eigenvalue weighted by molar-refractivity contribution is 0.203. The van der Waals surface area contributed by atoms with Gasteiger partial charge in [0.1, 0.15) is 17.7 Å². The molecule has 1 heterocycles. The Bertz CT molecular complexity index is 1260. The Balaban J connectivity index is 2.04. The summed E-state index contributed by atoms with van der Waals surface area (Å²) in [7, 11) is -6.93. The highest BCUT2D eigenvalue weighted by atomic mass is 35.5. The maximum Gasteiger partial charge on any atom is 0.409 e. The third kappa shape index (κ3) is 5.21. The zero-order chi connectivity index (χ0) is 23.7. The van der Waals surface area contributed by atoms with Crippen molar-refractivity contribution in [2.75, 3.05) is 29.8 Å². The van der Waals surface area contributed by atoms with Crippen LogP contribution in [0.15, 0.2) is 41.3 Å². The number of carboxylic acid groups (broad SMARTS) is 1. The molecule has 0 bridgehead atoms. The van der Waals surface area contributed by atoms with Gasteiger partial charge in [-0.05, 0) is 36.4 Å². The third-order valence-electron chi connectivity index (χ3n) is 4.39. The van der Waals surface area contributed by atoms with Crippen LogP contribution in [0.3, 0.4) is 0 Å². The molecule has 2 aromatic rings. The van der Waals surface area contributed by atoms with Crippen molar-refractivity contribution in [2.24, 2.45) is 0 Å². The van der Waals surface area contributed by atoms with Gasteiger partial charge < -0.3 is 9.84 Å². The number of hydrogen-bond donors (Lipinski definition) is 4. The first-order chi connectivity index (χ1) is 14.9. The highest BCUT2D eigenvalue weighted by molar-refractivity contribution is 7.92. The van der Waals surface area contributed by atoms with Gasteiger partial charge in [-0.1, -0.05) is 11.6 Å². The molecule has 0 fully saturated rings. The predicted molar refractivity (Wildman–Crippen MR) is 114 cm³/mol. The smallest absolute Gasteiger partial charge is 0.409 e. The molecule has 0 aromatic heterocycles. The van der Waals surface area contributed by atoms with Crippen LogP contribution in [-0.2, 0) is 20.2 Å². The lowest BCUT2D eigenvalue weighted by atomic mass is 10.2. The summed E-state index contributed by atoms with van der Waals surface area (Å²) in [6.45, 7) is -0.596. The molecule has 0 spiro atoms. The molecule has 174 valence electrons. The quantitative estimate of drug-likeness (QED) is 0.442. The van der Waals surface area contributed by atoms with Crippen molar-refractivity contribution in [1.29, 1.82) is 0 Å². The molecule has 1 amide bonds. The molecular weight excluding hydrogens is 491 g/mol. The molecule has 0 aliphatic carbocycles. The minimum absolute atomic E-state index is 0.00409. The van der Waals surface area contributed by atoms with Gasteiger partial charge in [0.05, 0.1) is 28.7 Å². The molecule has 4 N–H and O–H groups in total. The van der Waals surface area contributed by atoms with E-state index in [0.29, 0.717) is 0 Å². The number of nitrogens with one attached hydrogen (secondary N) is 3. The molecule has 1 atom stereocenters. The van der Waals surface area contributed by atoms with E-state index in [1.807, 2.05) is 0 Å². The molecule has 0 saturated heterocycles. The van der Waals surface area contributed by atoms with Gasteiger partial charge >= 0.3 is 6.09 Å². The van der Waals surface area contributed by atoms with Gasteiger partial charge in [0, 0.05) is 12.7 Å². The van der Waals surface area contributed by atoms with E-state index >= 15 is 0 Å². The normalized spacial score (nSPS) is 16.2. The molecule has 15 heteroatoms. The molecular formula is C17H18ClFN4O7S2. The number of nitrogens with zero attached hydrogens (tertiary/aromatic N) is 1. The fourth-order valence-electron chi connectivity index (χ4n) is 2.89. The number of fused-ring (bicyclic) bond motifs is 1. The van der Waals surface area contributed by atoms with Crippen LogP contribution in [-0.4, -0.2) is 54.3 Å². The van der Waals surface area contributed by atoms with Gasteiger partial charge in [-0.3, -0.25) is 9.62 Å². The molecule has 1 unspecified atom stereocenters. The summed E-state index contributed by atoms with van der Waals surface area (Å²) >= 11 is 5.74. The number of sulfonamides is 1. The van der Waals surface area contributed by atoms with Crippen molar-refractivity contribution < 1.29 is 35.9 Å². The van der Waals surface area contributed by atoms with E-state index in [-0.39, 0.29) is 35.1 Å². The van der Waals surface area contributed by atoms with Gasteiger partial charge in [0.15, 0.2) is 0 Å². The van der Waals surface area contributed by atoms with Crippen molar-refractivity contribution in [3.8, 4) is 5.75 Å². The second kappa shape index (κ2) is 9.07. The monoisotopic (exact) mass is 508 g/mol. The van der Waals surface area contributed by atoms with Gasteiger partial charge in [-0.2, -0.15) is 13.1 Å². The van der Waals surface area contributed by atoms with E-state index in [2.05, 4.69) is 14.8 Å². The molecule has 32 heavy (non-hydrogen) atoms. The van der Waals surface area contributed by atoms with E-state index in [0.717, 1.165) is 22.5 Å². The Morgan fingerprint density at radius 3 is 2.59 bits per heavy atom. The summed E-state index contributed by atoms with van der Waals surface area (Å²) in [5.74, 6) is -0.738. The minimum atomic E-state index is -4.32. The molecule has 3 rings (SSSR count). The van der Waals surface area contributed by atoms with Crippen molar-refractivity contribution in [2.45, 2.75) is 11.0 Å². The van der Waals surface area contributed by atoms with Gasteiger partial charge in [0.25, 0.3) is 20.2 Å². The summed E-state index contributed by atoms with van der Waals surface area (Å²) in [5.41, 5.74) is 0.0796. The van der Waals surface area contributed by atoms with Crippen LogP contribution in [0.4, 0.5) is 20.6 Å². The van der Waals surface area contributed by atoms with Crippen molar-refractivity contribution in [3.63, 3.8) is 0 Å². The molecule has 0 saturated carbocycles. The lowest BCUT2D eigenvalue weighted by Crippen LogP contribution is -2.49. The van der Waals surface area contributed by atoms with Crippen LogP contribution in [0.1, 0.15) is 0 Å². The first kappa shape index (κ1) is 24.0. The molecule has 0 radical (unpaired) electrons. The Labute approximate surface area is 188 Å². The average molecular weight is 509 g/mol. The van der Waals surface area contributed by atoms with E-state index in [4.69, 9.17) is 21.4 Å². The fourth-order valence-corrected chi connectivity index (χ4v) is 5.21. The van der Waals surface area contributed by atoms with Crippen molar-refractivity contribution >= 4 is 49.3 Å². The SMILES string of the molecule is CNS(=O)(=O)NCC1CN(S(=O)(=O)c2ccc(F)c(Cl)c2)c2cc(NC(=O)O)ccc2O1. The Hall–Kier alpha value is -2.65. The topological polar surface area (TPSA) is 154 Å². The first-order valence-electron chi connectivity index (χ1n) is 8.89. The Morgan fingerprint density at radius 1 is 1.25 bits per heavy atom. The summed E-state index contributed by atoms with van der Waals surface area (Å²) in [5, 5.41) is 10.7. The van der Waals surface area contributed by atoms with Crippen LogP contribution < -0.4 is 23.8 Å². The largest absolute Gasteiger partial charge is 0.485 e. The highest BCUT2D eigenvalue weighted by Gasteiger charge is 2.35. The summed E-state index contributed by atoms with van der Waals surface area (Å²) in [4.78, 5) is 10.7. The fraction of sp³-hybridized carbons (Fsp3) is 0.235. The summed E-state index contributed by atoms with van der Waals surface area (Å²) in [6.07, 6.45) is -2.30. The van der Waals surface area contributed by atoms with Crippen LogP contribution in [0.25, 0.3) is 0 Å². The number of hydrogen-bond acceptors (Lipinski definition) is 6. The molecule has 1 aliphatic heterocycles. The predicted octanol–water partition coefficient (Wildman–Crippen LogP) is 1.58. The maximum absolute atomic E-state index is 13.6. The molecule has 2 aromatic carbocycles. The van der Waals surface area contributed by atoms with Crippen LogP contribution >= 0.6 is 11.6 Å². The number of rotatable bonds is 7. The number of halogens is 2. The zero-order valence-electron chi connectivity index (χ0n) is 16.4. The lowest BCUT2D eigenvalue weighted by Gasteiger charge is -2.35. The molecule has 11 nitrogen and oxygen atoms in total. The number of ether oxygens (including phenoxy) is 1. The van der Waals surface area contributed by atoms with Gasteiger partial charge in [0.2, 0.25) is 0 Å². The van der Waals surface area contributed by atoms with Crippen LogP contribution in [0.2, 0.25) is 5.02 Å². The second-order valence-electron chi connectivity index (χ2n) is 6.52. The molecule has 1 aliphatic rings. The number of anilines is 2. The zero-order valence-corrected chi connectivity index (χ0v) is 18.8. The van der Waals surface area contributed by atoms with E-state index < -0.39 is 43.3 Å². The Morgan fingerprint density at radius 2 is 1.97 bits per heavy atom. The second-order valence-corrected chi connectivity index (χ2v) is 10.5. The minimum Gasteiger partial charge on any atom is -0.485 e. The van der Waals surface area contributed by atoms with Gasteiger partial charge in [-0.25, -0.2) is 22.3 Å². The standard InChI is InChI=1S/C17H18ClFN4O7S2/c1-20-32(28,29)21-8-11-9-23(31(26,27)12-3-4-14(19)13(18)7-12)15-6-10(22-17(24)25)2-5-16(15)30-11/h2-7,11,20-22H,8-9H2,1H3,(H,24,25). The number of amides is 1. The third-order valence-corrected chi connectivity index (χ3v) is 7.54. The van der Waals surface area contributed by atoms with Crippen molar-refractivity contribution in [3.05, 3.63) is 47.2 Å². The highest BCUT2D eigenvalue weighted by Crippen LogP contribution is 2.39. The van der Waals surface area contributed by atoms with Crippen LogP contribution in [0, 0.1) is 5.82 Å². The summed E-state index contributed by atoms with van der Waals surface area (Å²) < 4.78 is 74.5. The first-order valence-corrected chi connectivity index (χ1v) is 12.2. The van der Waals surface area contributed by atoms with Gasteiger partial charge in [-0.15, -0.1) is 0 Å².